The normalized spacial score (nSPS) is 25.8. The van der Waals surface area contributed by atoms with Gasteiger partial charge in [0.2, 0.25) is 0 Å². The average Bonchev–Trinajstić information content (AvgIpc) is 2.84. The third-order valence-electron chi connectivity index (χ3n) is 4.23. The Bertz CT molecular complexity index is 553. The molecule has 94 valence electrons. The van der Waals surface area contributed by atoms with Crippen LogP contribution >= 0.6 is 0 Å². The lowest BCUT2D eigenvalue weighted by molar-refractivity contribution is -0.125. The van der Waals surface area contributed by atoms with E-state index in [0.717, 1.165) is 6.42 Å². The molecule has 1 N–H and O–H groups in total. The summed E-state index contributed by atoms with van der Waals surface area (Å²) in [7, 11) is 1.70. The van der Waals surface area contributed by atoms with Crippen molar-refractivity contribution in [3.63, 3.8) is 0 Å². The molecule has 0 radical (unpaired) electrons. The van der Waals surface area contributed by atoms with E-state index >= 15 is 0 Å². The lowest BCUT2D eigenvalue weighted by Gasteiger charge is -2.27. The van der Waals surface area contributed by atoms with Crippen molar-refractivity contribution in [1.29, 1.82) is 0 Å². The molecule has 1 aromatic rings. The van der Waals surface area contributed by atoms with Crippen molar-refractivity contribution < 1.29 is 9.59 Å². The molecule has 2 aliphatic rings. The lowest BCUT2D eigenvalue weighted by atomic mass is 9.95. The van der Waals surface area contributed by atoms with Crippen LogP contribution in [0.15, 0.2) is 18.2 Å². The predicted octanol–water partition coefficient (Wildman–Crippen LogP) is 1.27. The number of nitrogens with one attached hydrogen (secondary N) is 1. The van der Waals surface area contributed by atoms with Crippen molar-refractivity contribution in [2.24, 2.45) is 0 Å². The Balaban J connectivity index is 2.01. The molecule has 3 amide bonds. The summed E-state index contributed by atoms with van der Waals surface area (Å²) in [6.45, 7) is 2.12. The van der Waals surface area contributed by atoms with Gasteiger partial charge in [-0.2, -0.15) is 0 Å². The van der Waals surface area contributed by atoms with Gasteiger partial charge in [-0.25, -0.2) is 4.79 Å². The second kappa shape index (κ2) is 3.57. The molecule has 3 rings (SSSR count). The maximum Gasteiger partial charge on any atom is 0.324 e. The molecule has 0 aromatic heterocycles. The monoisotopic (exact) mass is 244 g/mol. The Morgan fingerprint density at radius 1 is 1.28 bits per heavy atom. The number of urea groups is 1. The van der Waals surface area contributed by atoms with E-state index in [1.165, 1.54) is 16.7 Å². The number of aryl methyl sites for hydroxylation is 1. The minimum absolute atomic E-state index is 0.163. The third kappa shape index (κ3) is 1.32. The van der Waals surface area contributed by atoms with E-state index in [9.17, 15) is 9.59 Å². The van der Waals surface area contributed by atoms with Crippen LogP contribution in [0.3, 0.4) is 0 Å². The maximum atomic E-state index is 12.1. The van der Waals surface area contributed by atoms with Crippen molar-refractivity contribution >= 4 is 11.9 Å². The molecule has 18 heavy (non-hydrogen) atoms. The molecule has 1 saturated heterocycles. The molecule has 4 heteroatoms. The quantitative estimate of drug-likeness (QED) is 0.756. The summed E-state index contributed by atoms with van der Waals surface area (Å²) in [5.74, 6) is -0.163. The molecule has 4 nitrogen and oxygen atoms in total. The number of carbonyl (C=O) groups is 2. The van der Waals surface area contributed by atoms with Crippen LogP contribution in [0.2, 0.25) is 0 Å². The van der Waals surface area contributed by atoms with E-state index in [1.807, 2.05) is 0 Å². The zero-order valence-electron chi connectivity index (χ0n) is 10.6. The Morgan fingerprint density at radius 2 is 2.00 bits per heavy atom. The molecule has 1 unspecified atom stereocenters. The Labute approximate surface area is 106 Å². The highest BCUT2D eigenvalue weighted by Gasteiger charge is 2.54. The molecular formula is C14H16N2O2. The number of benzene rings is 1. The minimum Gasteiger partial charge on any atom is -0.312 e. The molecule has 1 aromatic carbocycles. The number of nitrogens with zero attached hydrogens (tertiary/aromatic N) is 1. The molecule has 0 saturated carbocycles. The highest BCUT2D eigenvalue weighted by atomic mass is 16.2. The second-order valence-corrected chi connectivity index (χ2v) is 5.16. The van der Waals surface area contributed by atoms with Gasteiger partial charge < -0.3 is 4.90 Å². The van der Waals surface area contributed by atoms with Crippen LogP contribution in [0.1, 0.15) is 23.6 Å². The highest BCUT2D eigenvalue weighted by molar-refractivity contribution is 6.07. The van der Waals surface area contributed by atoms with E-state index in [2.05, 4.69) is 30.4 Å². The predicted molar refractivity (Wildman–Crippen MR) is 67.3 cm³/mol. The summed E-state index contributed by atoms with van der Waals surface area (Å²) in [6, 6.07) is 6.07. The van der Waals surface area contributed by atoms with Crippen LogP contribution in [0.4, 0.5) is 4.79 Å². The van der Waals surface area contributed by atoms with E-state index < -0.39 is 5.54 Å². The molecule has 1 aliphatic carbocycles. The molecule has 1 atom stereocenters. The number of fused-ring (bicyclic) bond motifs is 1. The van der Waals surface area contributed by atoms with Crippen LogP contribution in [-0.2, 0) is 24.1 Å². The molecular weight excluding hydrogens is 228 g/mol. The first-order valence-corrected chi connectivity index (χ1v) is 6.27. The number of hydrogen-bond donors (Lipinski definition) is 1. The van der Waals surface area contributed by atoms with Gasteiger partial charge in [-0.15, -0.1) is 0 Å². The van der Waals surface area contributed by atoms with Crippen LogP contribution < -0.4 is 5.32 Å². The third-order valence-corrected chi connectivity index (χ3v) is 4.23. The standard InChI is InChI=1S/C14H16N2O2/c1-3-9-4-5-10-7-14(8-11(10)6-9)12(17)15-13(18)16(14)2/h4-6H,3,7-8H2,1-2H3,(H,15,17,18). The second-order valence-electron chi connectivity index (χ2n) is 5.16. The summed E-state index contributed by atoms with van der Waals surface area (Å²) >= 11 is 0. The lowest BCUT2D eigenvalue weighted by Crippen LogP contribution is -2.48. The molecule has 1 aliphatic heterocycles. The van der Waals surface area contributed by atoms with E-state index in [-0.39, 0.29) is 11.9 Å². The number of rotatable bonds is 1. The Hall–Kier alpha value is -1.84. The maximum absolute atomic E-state index is 12.1. The van der Waals surface area contributed by atoms with Gasteiger partial charge in [0.05, 0.1) is 0 Å². The number of carbonyl (C=O) groups excluding carboxylic acids is 2. The van der Waals surface area contributed by atoms with Crippen molar-refractivity contribution in [1.82, 2.24) is 10.2 Å². The zero-order valence-corrected chi connectivity index (χ0v) is 10.6. The summed E-state index contributed by atoms with van der Waals surface area (Å²) in [4.78, 5) is 25.2. The molecule has 1 heterocycles. The van der Waals surface area contributed by atoms with Gasteiger partial charge in [0.15, 0.2) is 0 Å². The number of amides is 3. The first-order valence-electron chi connectivity index (χ1n) is 6.27. The Kier molecular flexibility index (Phi) is 2.24. The SMILES string of the molecule is CCc1ccc2c(c1)CC1(C2)C(=O)NC(=O)N1C. The average molecular weight is 244 g/mol. The minimum atomic E-state index is -0.689. The van der Waals surface area contributed by atoms with Gasteiger partial charge in [-0.05, 0) is 23.1 Å². The van der Waals surface area contributed by atoms with E-state index in [4.69, 9.17) is 0 Å². The summed E-state index contributed by atoms with van der Waals surface area (Å²) in [6.07, 6.45) is 2.24. The fourth-order valence-corrected chi connectivity index (χ4v) is 2.97. The summed E-state index contributed by atoms with van der Waals surface area (Å²) in [5.41, 5.74) is 2.97. The first-order chi connectivity index (χ1) is 8.56. The van der Waals surface area contributed by atoms with Crippen LogP contribution in [0, 0.1) is 0 Å². The van der Waals surface area contributed by atoms with Gasteiger partial charge >= 0.3 is 6.03 Å². The van der Waals surface area contributed by atoms with Crippen molar-refractivity contribution in [3.05, 3.63) is 34.9 Å². The van der Waals surface area contributed by atoms with Crippen molar-refractivity contribution in [2.75, 3.05) is 7.05 Å². The fraction of sp³-hybridized carbons (Fsp3) is 0.429. The number of hydrogen-bond acceptors (Lipinski definition) is 2. The van der Waals surface area contributed by atoms with E-state index in [1.54, 1.807) is 11.9 Å². The molecule has 0 bridgehead atoms. The summed E-state index contributed by atoms with van der Waals surface area (Å²) in [5, 5.41) is 2.41. The fourth-order valence-electron chi connectivity index (χ4n) is 2.97. The highest BCUT2D eigenvalue weighted by Crippen LogP contribution is 2.37. The van der Waals surface area contributed by atoms with E-state index in [0.29, 0.717) is 12.8 Å². The van der Waals surface area contributed by atoms with Gasteiger partial charge in [-0.3, -0.25) is 10.1 Å². The van der Waals surface area contributed by atoms with Crippen LogP contribution in [0.25, 0.3) is 0 Å². The van der Waals surface area contributed by atoms with Gasteiger partial charge in [-0.1, -0.05) is 25.1 Å². The Morgan fingerprint density at radius 3 is 2.61 bits per heavy atom. The van der Waals surface area contributed by atoms with Gasteiger partial charge in [0, 0.05) is 19.9 Å². The van der Waals surface area contributed by atoms with Crippen LogP contribution in [0.5, 0.6) is 0 Å². The largest absolute Gasteiger partial charge is 0.324 e. The topological polar surface area (TPSA) is 49.4 Å². The number of likely N-dealkylation sites (N-methyl/N-ethyl adjacent to an activating group) is 1. The number of imide groups is 1. The van der Waals surface area contributed by atoms with Crippen molar-refractivity contribution in [3.8, 4) is 0 Å². The van der Waals surface area contributed by atoms with Crippen LogP contribution in [-0.4, -0.2) is 29.4 Å². The smallest absolute Gasteiger partial charge is 0.312 e. The molecule has 1 fully saturated rings. The first kappa shape index (κ1) is 11.3. The summed E-state index contributed by atoms with van der Waals surface area (Å²) < 4.78 is 0. The van der Waals surface area contributed by atoms with Gasteiger partial charge in [0.25, 0.3) is 5.91 Å². The zero-order chi connectivity index (χ0) is 12.9. The van der Waals surface area contributed by atoms with Crippen molar-refractivity contribution in [2.45, 2.75) is 31.7 Å². The molecule has 1 spiro atoms. The van der Waals surface area contributed by atoms with Gasteiger partial charge in [0.1, 0.15) is 5.54 Å².